The van der Waals surface area contributed by atoms with E-state index in [1.165, 1.54) is 38.5 Å². The Bertz CT molecular complexity index is 120. The van der Waals surface area contributed by atoms with E-state index in [4.69, 9.17) is 9.47 Å². The molecule has 1 rings (SSSR count). The number of unbranched alkanes of at least 4 members (excludes halogenated alkanes) is 2. The summed E-state index contributed by atoms with van der Waals surface area (Å²) in [5, 5.41) is 0. The first kappa shape index (κ1) is 12.0. The second-order valence-corrected chi connectivity index (χ2v) is 4.10. The summed E-state index contributed by atoms with van der Waals surface area (Å²) in [5.41, 5.74) is 0. The molecule has 1 saturated carbocycles. The lowest BCUT2D eigenvalue weighted by molar-refractivity contribution is -0.128. The van der Waals surface area contributed by atoms with Crippen LogP contribution in [0, 0.1) is 0 Å². The van der Waals surface area contributed by atoms with Crippen LogP contribution >= 0.6 is 0 Å². The lowest BCUT2D eigenvalue weighted by atomic mass is 9.91. The molecule has 2 unspecified atom stereocenters. The molecule has 1 aliphatic rings. The van der Waals surface area contributed by atoms with Crippen molar-refractivity contribution in [2.75, 3.05) is 13.2 Å². The molecule has 0 aromatic heterocycles. The van der Waals surface area contributed by atoms with Gasteiger partial charge in [0.15, 0.2) is 0 Å². The van der Waals surface area contributed by atoms with Gasteiger partial charge in [0.25, 0.3) is 0 Å². The summed E-state index contributed by atoms with van der Waals surface area (Å²) < 4.78 is 11.5. The van der Waals surface area contributed by atoms with Gasteiger partial charge in [-0.25, -0.2) is 0 Å². The highest BCUT2D eigenvalue weighted by atomic mass is 16.5. The van der Waals surface area contributed by atoms with Gasteiger partial charge in [0.1, 0.15) is 0 Å². The minimum atomic E-state index is 0.401. The number of hydrogen-bond donors (Lipinski definition) is 0. The molecule has 0 radical (unpaired) electrons. The normalized spacial score (nSPS) is 26.1. The van der Waals surface area contributed by atoms with Crippen molar-refractivity contribution in [1.82, 2.24) is 0 Å². The monoisotopic (exact) mass is 200 g/mol. The fourth-order valence-electron chi connectivity index (χ4n) is 1.58. The number of ether oxygens (including phenoxy) is 2. The van der Waals surface area contributed by atoms with Crippen molar-refractivity contribution in [2.24, 2.45) is 0 Å². The Kier molecular flexibility index (Phi) is 6.20. The van der Waals surface area contributed by atoms with Crippen LogP contribution < -0.4 is 0 Å². The molecular weight excluding hydrogens is 176 g/mol. The van der Waals surface area contributed by atoms with Crippen molar-refractivity contribution in [3.05, 3.63) is 0 Å². The van der Waals surface area contributed by atoms with Gasteiger partial charge in [-0.1, -0.05) is 26.7 Å². The summed E-state index contributed by atoms with van der Waals surface area (Å²) in [6.07, 6.45) is 7.98. The van der Waals surface area contributed by atoms with Crippen molar-refractivity contribution in [2.45, 2.75) is 64.6 Å². The van der Waals surface area contributed by atoms with Crippen molar-refractivity contribution < 1.29 is 9.47 Å². The Morgan fingerprint density at radius 2 is 1.29 bits per heavy atom. The number of hydrogen-bond acceptors (Lipinski definition) is 2. The molecule has 0 amide bonds. The van der Waals surface area contributed by atoms with Crippen LogP contribution in [0.5, 0.6) is 0 Å². The molecular formula is C12H24O2. The van der Waals surface area contributed by atoms with Crippen molar-refractivity contribution in [3.63, 3.8) is 0 Å². The third-order valence-electron chi connectivity index (χ3n) is 2.81. The van der Waals surface area contributed by atoms with Gasteiger partial charge >= 0.3 is 0 Å². The second-order valence-electron chi connectivity index (χ2n) is 4.10. The third-order valence-corrected chi connectivity index (χ3v) is 2.81. The number of rotatable bonds is 8. The summed E-state index contributed by atoms with van der Waals surface area (Å²) in [4.78, 5) is 0. The standard InChI is InChI=1S/C12H24O2/c1-3-5-9-13-11-7-8-12(11)14-10-6-4-2/h11-12H,3-10H2,1-2H3. The zero-order valence-corrected chi connectivity index (χ0v) is 9.63. The predicted octanol–water partition coefficient (Wildman–Crippen LogP) is 3.15. The minimum absolute atomic E-state index is 0.401. The SMILES string of the molecule is CCCCOC1CCC1OCCCC. The van der Waals surface area contributed by atoms with Gasteiger partial charge in [0, 0.05) is 13.2 Å². The molecule has 1 fully saturated rings. The van der Waals surface area contributed by atoms with E-state index in [9.17, 15) is 0 Å². The molecule has 0 aliphatic heterocycles. The van der Waals surface area contributed by atoms with Crippen LogP contribution in [0.1, 0.15) is 52.4 Å². The molecule has 0 bridgehead atoms. The molecule has 2 nitrogen and oxygen atoms in total. The van der Waals surface area contributed by atoms with E-state index in [1.54, 1.807) is 0 Å². The van der Waals surface area contributed by atoms with E-state index in [2.05, 4.69) is 13.8 Å². The lowest BCUT2D eigenvalue weighted by Crippen LogP contribution is -2.41. The molecule has 2 heteroatoms. The molecule has 2 atom stereocenters. The Balaban J connectivity index is 1.97. The molecule has 0 aromatic rings. The van der Waals surface area contributed by atoms with Gasteiger partial charge < -0.3 is 9.47 Å². The summed E-state index contributed by atoms with van der Waals surface area (Å²) in [7, 11) is 0. The highest BCUT2D eigenvalue weighted by molar-refractivity contribution is 4.82. The molecule has 0 heterocycles. The maximum absolute atomic E-state index is 5.74. The molecule has 0 aromatic carbocycles. The fourth-order valence-corrected chi connectivity index (χ4v) is 1.58. The van der Waals surface area contributed by atoms with Gasteiger partial charge in [-0.2, -0.15) is 0 Å². The first-order valence-corrected chi connectivity index (χ1v) is 6.11. The van der Waals surface area contributed by atoms with Crippen LogP contribution in [0.25, 0.3) is 0 Å². The molecule has 0 N–H and O–H groups in total. The maximum atomic E-state index is 5.74. The topological polar surface area (TPSA) is 18.5 Å². The van der Waals surface area contributed by atoms with Crippen LogP contribution in [-0.2, 0) is 9.47 Å². The Morgan fingerprint density at radius 3 is 1.57 bits per heavy atom. The van der Waals surface area contributed by atoms with Gasteiger partial charge in [-0.05, 0) is 25.7 Å². The quantitative estimate of drug-likeness (QED) is 0.560. The average molecular weight is 200 g/mol. The Labute approximate surface area is 88.0 Å². The third kappa shape index (κ3) is 3.97. The first-order chi connectivity index (χ1) is 6.88. The highest BCUT2D eigenvalue weighted by Gasteiger charge is 2.31. The van der Waals surface area contributed by atoms with Gasteiger partial charge in [0.2, 0.25) is 0 Å². The van der Waals surface area contributed by atoms with Crippen LogP contribution in [0.15, 0.2) is 0 Å². The molecule has 1 aliphatic carbocycles. The minimum Gasteiger partial charge on any atom is -0.376 e. The summed E-state index contributed by atoms with van der Waals surface area (Å²) in [5.74, 6) is 0. The highest BCUT2D eigenvalue weighted by Crippen LogP contribution is 2.26. The zero-order chi connectivity index (χ0) is 10.2. The molecule has 84 valence electrons. The first-order valence-electron chi connectivity index (χ1n) is 6.11. The Hall–Kier alpha value is -0.0800. The van der Waals surface area contributed by atoms with Crippen LogP contribution in [0.2, 0.25) is 0 Å². The predicted molar refractivity (Wildman–Crippen MR) is 58.5 cm³/mol. The van der Waals surface area contributed by atoms with Crippen molar-refractivity contribution in [1.29, 1.82) is 0 Å². The molecule has 14 heavy (non-hydrogen) atoms. The van der Waals surface area contributed by atoms with E-state index >= 15 is 0 Å². The molecule has 0 saturated heterocycles. The van der Waals surface area contributed by atoms with Crippen LogP contribution in [-0.4, -0.2) is 25.4 Å². The lowest BCUT2D eigenvalue weighted by Gasteiger charge is -2.36. The van der Waals surface area contributed by atoms with Crippen molar-refractivity contribution in [3.8, 4) is 0 Å². The summed E-state index contributed by atoms with van der Waals surface area (Å²) in [6.45, 7) is 6.21. The van der Waals surface area contributed by atoms with E-state index in [0.29, 0.717) is 12.2 Å². The summed E-state index contributed by atoms with van der Waals surface area (Å²) in [6, 6.07) is 0. The second kappa shape index (κ2) is 7.24. The van der Waals surface area contributed by atoms with Crippen LogP contribution in [0.3, 0.4) is 0 Å². The maximum Gasteiger partial charge on any atom is 0.0837 e. The van der Waals surface area contributed by atoms with Gasteiger partial charge in [-0.3, -0.25) is 0 Å². The fraction of sp³-hybridized carbons (Fsp3) is 1.00. The Morgan fingerprint density at radius 1 is 0.857 bits per heavy atom. The van der Waals surface area contributed by atoms with E-state index in [0.717, 1.165) is 13.2 Å². The largest absolute Gasteiger partial charge is 0.376 e. The van der Waals surface area contributed by atoms with E-state index < -0.39 is 0 Å². The van der Waals surface area contributed by atoms with Crippen molar-refractivity contribution >= 4 is 0 Å². The average Bonchev–Trinajstić information content (AvgIpc) is 2.17. The molecule has 0 spiro atoms. The van der Waals surface area contributed by atoms with Gasteiger partial charge in [0.05, 0.1) is 12.2 Å². The van der Waals surface area contributed by atoms with Crippen LogP contribution in [0.4, 0.5) is 0 Å². The summed E-state index contributed by atoms with van der Waals surface area (Å²) >= 11 is 0. The van der Waals surface area contributed by atoms with E-state index in [-0.39, 0.29) is 0 Å². The zero-order valence-electron chi connectivity index (χ0n) is 9.63. The van der Waals surface area contributed by atoms with Gasteiger partial charge in [-0.15, -0.1) is 0 Å². The van der Waals surface area contributed by atoms with E-state index in [1.807, 2.05) is 0 Å². The smallest absolute Gasteiger partial charge is 0.0837 e.